The molecule has 1 aliphatic rings. The van der Waals surface area contributed by atoms with Gasteiger partial charge in [0.2, 0.25) is 0 Å². The van der Waals surface area contributed by atoms with Crippen LogP contribution < -0.4 is 9.47 Å². The average Bonchev–Trinajstić information content (AvgIpc) is 2.58. The molecule has 1 heterocycles. The number of hydrogen-bond acceptors (Lipinski definition) is 5. The van der Waals surface area contributed by atoms with E-state index in [9.17, 15) is 10.2 Å². The Hall–Kier alpha value is -2.40. The zero-order chi connectivity index (χ0) is 17.3. The lowest BCUT2D eigenvalue weighted by Gasteiger charge is -2.35. The highest BCUT2D eigenvalue weighted by Gasteiger charge is 2.29. The molecule has 1 atom stereocenters. The molecular weight excluding hydrogens is 306 g/mol. The van der Waals surface area contributed by atoms with E-state index in [1.807, 2.05) is 18.2 Å². The molecule has 2 N–H and O–H groups in total. The molecule has 0 fully saturated rings. The second-order valence-corrected chi connectivity index (χ2v) is 6.15. The van der Waals surface area contributed by atoms with E-state index < -0.39 is 0 Å². The van der Waals surface area contributed by atoms with E-state index >= 15 is 0 Å². The van der Waals surface area contributed by atoms with Crippen LogP contribution in [0.1, 0.15) is 22.7 Å². The number of nitrogens with zero attached hydrogens (tertiary/aromatic N) is 1. The molecule has 128 valence electrons. The second kappa shape index (κ2) is 6.61. The summed E-state index contributed by atoms with van der Waals surface area (Å²) < 4.78 is 10.4. The first-order valence-electron chi connectivity index (χ1n) is 8.00. The van der Waals surface area contributed by atoms with Crippen LogP contribution in [-0.4, -0.2) is 42.9 Å². The van der Waals surface area contributed by atoms with Crippen molar-refractivity contribution in [1.82, 2.24) is 4.90 Å². The van der Waals surface area contributed by atoms with Crippen molar-refractivity contribution in [2.24, 2.45) is 0 Å². The van der Waals surface area contributed by atoms with Gasteiger partial charge in [-0.05, 0) is 49.2 Å². The number of likely N-dealkylation sites (N-methyl/N-ethyl adjacent to an activating group) is 1. The number of hydrogen-bond donors (Lipinski definition) is 2. The molecule has 1 aliphatic heterocycles. The Bertz CT molecular complexity index is 744. The third kappa shape index (κ3) is 2.87. The number of benzene rings is 2. The molecule has 0 unspecified atom stereocenters. The first-order chi connectivity index (χ1) is 11.5. The quantitative estimate of drug-likeness (QED) is 0.903. The molecule has 2 aromatic carbocycles. The van der Waals surface area contributed by atoms with Gasteiger partial charge in [0.05, 0.1) is 14.2 Å². The van der Waals surface area contributed by atoms with E-state index in [0.29, 0.717) is 17.9 Å². The summed E-state index contributed by atoms with van der Waals surface area (Å²) in [5.74, 6) is 1.29. The molecule has 0 bridgehead atoms. The number of rotatable bonds is 4. The lowest BCUT2D eigenvalue weighted by molar-refractivity contribution is 0.222. The minimum Gasteiger partial charge on any atom is -0.504 e. The van der Waals surface area contributed by atoms with Gasteiger partial charge in [-0.2, -0.15) is 0 Å². The summed E-state index contributed by atoms with van der Waals surface area (Å²) in [5.41, 5.74) is 3.05. The number of ether oxygens (including phenoxy) is 2. The number of phenolic OH excluding ortho intramolecular Hbond substituents is 2. The predicted molar refractivity (Wildman–Crippen MR) is 92.1 cm³/mol. The highest BCUT2D eigenvalue weighted by molar-refractivity contribution is 5.53. The van der Waals surface area contributed by atoms with Gasteiger partial charge in [0.1, 0.15) is 0 Å². The molecule has 0 aromatic heterocycles. The fraction of sp³-hybridized carbons (Fsp3) is 0.368. The Morgan fingerprint density at radius 1 is 1.08 bits per heavy atom. The molecule has 24 heavy (non-hydrogen) atoms. The average molecular weight is 329 g/mol. The summed E-state index contributed by atoms with van der Waals surface area (Å²) in [6.45, 7) is 0.922. The molecule has 0 radical (unpaired) electrons. The third-order valence-corrected chi connectivity index (χ3v) is 4.76. The molecule has 0 amide bonds. The van der Waals surface area contributed by atoms with Crippen molar-refractivity contribution in [3.8, 4) is 23.0 Å². The molecule has 2 aromatic rings. The van der Waals surface area contributed by atoms with Gasteiger partial charge < -0.3 is 19.7 Å². The molecule has 0 saturated heterocycles. The maximum atomic E-state index is 10.6. The van der Waals surface area contributed by atoms with E-state index in [0.717, 1.165) is 29.7 Å². The molecule has 0 saturated carbocycles. The van der Waals surface area contributed by atoms with Crippen molar-refractivity contribution in [1.29, 1.82) is 0 Å². The minimum absolute atomic E-state index is 0.0247. The molecular formula is C19H23NO4. The molecule has 5 nitrogen and oxygen atoms in total. The Balaban J connectivity index is 1.98. The fourth-order valence-corrected chi connectivity index (χ4v) is 3.40. The van der Waals surface area contributed by atoms with Crippen LogP contribution in [0, 0.1) is 0 Å². The summed E-state index contributed by atoms with van der Waals surface area (Å²) in [5, 5.41) is 20.6. The lowest BCUT2D eigenvalue weighted by atomic mass is 9.88. The summed E-state index contributed by atoms with van der Waals surface area (Å²) in [6, 6.07) is 9.29. The van der Waals surface area contributed by atoms with E-state index in [4.69, 9.17) is 9.47 Å². The largest absolute Gasteiger partial charge is 0.504 e. The van der Waals surface area contributed by atoms with E-state index in [1.165, 1.54) is 7.11 Å². The van der Waals surface area contributed by atoms with E-state index in [1.54, 1.807) is 19.2 Å². The van der Waals surface area contributed by atoms with Crippen LogP contribution >= 0.6 is 0 Å². The summed E-state index contributed by atoms with van der Waals surface area (Å²) >= 11 is 0. The predicted octanol–water partition coefficient (Wildman–Crippen LogP) is 2.89. The number of aromatic hydroxyl groups is 2. The van der Waals surface area contributed by atoms with Gasteiger partial charge in [-0.1, -0.05) is 12.1 Å². The monoisotopic (exact) mass is 329 g/mol. The molecule has 0 spiro atoms. The van der Waals surface area contributed by atoms with Gasteiger partial charge in [0, 0.05) is 18.2 Å². The van der Waals surface area contributed by atoms with Gasteiger partial charge in [-0.25, -0.2) is 0 Å². The second-order valence-electron chi connectivity index (χ2n) is 6.15. The lowest BCUT2D eigenvalue weighted by Crippen LogP contribution is -2.33. The van der Waals surface area contributed by atoms with E-state index in [-0.39, 0.29) is 17.5 Å². The van der Waals surface area contributed by atoms with Gasteiger partial charge in [0.15, 0.2) is 23.0 Å². The number of methoxy groups -OCH3 is 2. The van der Waals surface area contributed by atoms with Crippen molar-refractivity contribution in [3.63, 3.8) is 0 Å². The van der Waals surface area contributed by atoms with Crippen molar-refractivity contribution < 1.29 is 19.7 Å². The zero-order valence-corrected chi connectivity index (χ0v) is 14.2. The maximum Gasteiger partial charge on any atom is 0.162 e. The first kappa shape index (κ1) is 16.5. The van der Waals surface area contributed by atoms with Crippen LogP contribution in [0.15, 0.2) is 30.3 Å². The molecule has 0 aliphatic carbocycles. The van der Waals surface area contributed by atoms with Gasteiger partial charge >= 0.3 is 0 Å². The smallest absolute Gasteiger partial charge is 0.162 e. The highest BCUT2D eigenvalue weighted by Crippen LogP contribution is 2.42. The van der Waals surface area contributed by atoms with Crippen LogP contribution in [0.5, 0.6) is 23.0 Å². The Labute approximate surface area is 142 Å². The number of phenols is 2. The topological polar surface area (TPSA) is 62.2 Å². The summed E-state index contributed by atoms with van der Waals surface area (Å²) in [4.78, 5) is 2.22. The van der Waals surface area contributed by atoms with E-state index in [2.05, 4.69) is 11.9 Å². The Morgan fingerprint density at radius 3 is 2.46 bits per heavy atom. The Morgan fingerprint density at radius 2 is 1.79 bits per heavy atom. The fourth-order valence-electron chi connectivity index (χ4n) is 3.40. The van der Waals surface area contributed by atoms with Crippen LogP contribution in [0.2, 0.25) is 0 Å². The van der Waals surface area contributed by atoms with Crippen molar-refractivity contribution in [2.45, 2.75) is 18.9 Å². The van der Waals surface area contributed by atoms with Gasteiger partial charge in [-0.15, -0.1) is 0 Å². The van der Waals surface area contributed by atoms with Gasteiger partial charge in [0.25, 0.3) is 0 Å². The van der Waals surface area contributed by atoms with Gasteiger partial charge in [-0.3, -0.25) is 4.90 Å². The summed E-state index contributed by atoms with van der Waals surface area (Å²) in [6.07, 6.45) is 1.58. The standard InChI is InChI=1S/C19H23NO4/c1-20-9-8-13-5-7-17(24-3)19(22)18(13)14(20)10-12-4-6-16(23-2)15(21)11-12/h4-7,11,14,21-22H,8-10H2,1-3H3/t14-/m0/s1. The van der Waals surface area contributed by atoms with Crippen molar-refractivity contribution >= 4 is 0 Å². The van der Waals surface area contributed by atoms with Crippen molar-refractivity contribution in [3.05, 3.63) is 47.0 Å². The van der Waals surface area contributed by atoms with Crippen molar-refractivity contribution in [2.75, 3.05) is 27.8 Å². The Kier molecular flexibility index (Phi) is 4.53. The summed E-state index contributed by atoms with van der Waals surface area (Å²) in [7, 11) is 5.14. The zero-order valence-electron chi connectivity index (χ0n) is 14.2. The normalized spacial score (nSPS) is 17.4. The van der Waals surface area contributed by atoms with Crippen LogP contribution in [0.3, 0.4) is 0 Å². The maximum absolute atomic E-state index is 10.6. The SMILES string of the molecule is COc1ccc(C[C@H]2c3c(ccc(OC)c3O)CCN2C)cc1O. The minimum atomic E-state index is 0.0247. The number of fused-ring (bicyclic) bond motifs is 1. The van der Waals surface area contributed by atoms with Crippen LogP contribution in [0.4, 0.5) is 0 Å². The first-order valence-corrected chi connectivity index (χ1v) is 8.00. The molecule has 3 rings (SSSR count). The van der Waals surface area contributed by atoms with Crippen LogP contribution in [0.25, 0.3) is 0 Å². The molecule has 5 heteroatoms. The highest BCUT2D eigenvalue weighted by atomic mass is 16.5. The third-order valence-electron chi connectivity index (χ3n) is 4.76. The van der Waals surface area contributed by atoms with Crippen LogP contribution in [-0.2, 0) is 12.8 Å².